The van der Waals surface area contributed by atoms with Crippen LogP contribution < -0.4 is 5.73 Å². The van der Waals surface area contributed by atoms with Crippen LogP contribution >= 0.6 is 0 Å². The lowest BCUT2D eigenvalue weighted by Crippen LogP contribution is -1.96. The molecule has 0 atom stereocenters. The molecule has 0 radical (unpaired) electrons. The molecule has 3 aromatic heterocycles. The van der Waals surface area contributed by atoms with E-state index in [0.29, 0.717) is 5.82 Å². The molecule has 0 bridgehead atoms. The van der Waals surface area contributed by atoms with Crippen molar-refractivity contribution < 1.29 is 0 Å². The third kappa shape index (κ3) is 1.16. The van der Waals surface area contributed by atoms with Gasteiger partial charge in [0.2, 0.25) is 0 Å². The van der Waals surface area contributed by atoms with E-state index >= 15 is 0 Å². The highest BCUT2D eigenvalue weighted by Gasteiger charge is 2.09. The summed E-state index contributed by atoms with van der Waals surface area (Å²) in [6, 6.07) is 1.82. The highest BCUT2D eigenvalue weighted by atomic mass is 15.3. The lowest BCUT2D eigenvalue weighted by atomic mass is 10.3. The maximum absolute atomic E-state index is 5.75. The monoisotopic (exact) mass is 214 g/mol. The average molecular weight is 214 g/mol. The van der Waals surface area contributed by atoms with E-state index in [0.717, 1.165) is 17.0 Å². The van der Waals surface area contributed by atoms with E-state index in [1.165, 1.54) is 0 Å². The Bertz CT molecular complexity index is 631. The minimum absolute atomic E-state index is 0.624. The lowest BCUT2D eigenvalue weighted by Gasteiger charge is -1.96. The molecule has 0 fully saturated rings. The third-order valence-corrected chi connectivity index (χ3v) is 2.50. The van der Waals surface area contributed by atoms with E-state index < -0.39 is 0 Å². The lowest BCUT2D eigenvalue weighted by molar-refractivity contribution is 0.781. The molecule has 0 amide bonds. The molecule has 0 aromatic carbocycles. The van der Waals surface area contributed by atoms with Crippen LogP contribution in [0, 0.1) is 0 Å². The van der Waals surface area contributed by atoms with Gasteiger partial charge in [-0.05, 0) is 0 Å². The van der Waals surface area contributed by atoms with Crippen LogP contribution in [0.25, 0.3) is 17.0 Å². The predicted molar refractivity (Wildman–Crippen MR) is 59.6 cm³/mol. The normalized spacial score (nSPS) is 11.1. The van der Waals surface area contributed by atoms with Crippen LogP contribution in [0.2, 0.25) is 0 Å². The highest BCUT2D eigenvalue weighted by molar-refractivity contribution is 5.62. The first-order valence-corrected chi connectivity index (χ1v) is 4.82. The molecule has 0 unspecified atom stereocenters. The topological polar surface area (TPSA) is 74.0 Å². The van der Waals surface area contributed by atoms with Gasteiger partial charge in [0.1, 0.15) is 11.5 Å². The van der Waals surface area contributed by atoms with Gasteiger partial charge in [0, 0.05) is 25.5 Å². The van der Waals surface area contributed by atoms with Crippen LogP contribution in [0.5, 0.6) is 0 Å². The summed E-state index contributed by atoms with van der Waals surface area (Å²) in [7, 11) is 1.81. The average Bonchev–Trinajstić information content (AvgIpc) is 2.83. The quantitative estimate of drug-likeness (QED) is 0.647. The first kappa shape index (κ1) is 8.90. The molecule has 6 nitrogen and oxygen atoms in total. The third-order valence-electron chi connectivity index (χ3n) is 2.50. The zero-order valence-corrected chi connectivity index (χ0v) is 8.70. The molecular formula is C10H10N6. The molecule has 3 rings (SSSR count). The minimum atomic E-state index is 0.624. The predicted octanol–water partition coefficient (Wildman–Crippen LogP) is 0.712. The first-order chi connectivity index (χ1) is 7.75. The van der Waals surface area contributed by atoms with E-state index in [9.17, 15) is 0 Å². The Hall–Kier alpha value is -2.37. The second-order valence-electron chi connectivity index (χ2n) is 3.53. The second kappa shape index (κ2) is 3.06. The molecule has 3 aromatic rings. The Kier molecular flexibility index (Phi) is 1.70. The maximum Gasteiger partial charge on any atom is 0.155 e. The number of hydrogen-bond acceptors (Lipinski definition) is 4. The zero-order chi connectivity index (χ0) is 11.1. The Balaban J connectivity index is 2.26. The van der Waals surface area contributed by atoms with Crippen LogP contribution in [0.4, 0.5) is 5.82 Å². The van der Waals surface area contributed by atoms with Crippen LogP contribution in [0.1, 0.15) is 0 Å². The fraction of sp³-hybridized carbons (Fsp3) is 0.100. The van der Waals surface area contributed by atoms with Crippen molar-refractivity contribution >= 4 is 11.5 Å². The van der Waals surface area contributed by atoms with Crippen LogP contribution in [0.15, 0.2) is 30.9 Å². The van der Waals surface area contributed by atoms with Crippen molar-refractivity contribution in [2.45, 2.75) is 0 Å². The maximum atomic E-state index is 5.75. The smallest absolute Gasteiger partial charge is 0.155 e. The molecule has 0 saturated heterocycles. The van der Waals surface area contributed by atoms with Crippen molar-refractivity contribution in [1.82, 2.24) is 24.1 Å². The van der Waals surface area contributed by atoms with Crippen LogP contribution in [0.3, 0.4) is 0 Å². The largest absolute Gasteiger partial charge is 0.384 e. The second-order valence-corrected chi connectivity index (χ2v) is 3.53. The summed E-state index contributed by atoms with van der Waals surface area (Å²) in [4.78, 5) is 8.25. The molecule has 2 N–H and O–H groups in total. The van der Waals surface area contributed by atoms with Gasteiger partial charge in [0.25, 0.3) is 0 Å². The molecule has 0 aliphatic rings. The molecule has 6 heteroatoms. The van der Waals surface area contributed by atoms with Crippen molar-refractivity contribution in [2.24, 2.45) is 7.05 Å². The minimum Gasteiger partial charge on any atom is -0.384 e. The highest BCUT2D eigenvalue weighted by Crippen LogP contribution is 2.20. The van der Waals surface area contributed by atoms with Gasteiger partial charge in [-0.25, -0.2) is 4.98 Å². The number of nitrogens with zero attached hydrogens (tertiary/aromatic N) is 5. The van der Waals surface area contributed by atoms with Gasteiger partial charge in [0.15, 0.2) is 5.65 Å². The van der Waals surface area contributed by atoms with Crippen molar-refractivity contribution in [3.8, 4) is 11.4 Å². The summed E-state index contributed by atoms with van der Waals surface area (Å²) in [5.74, 6) is 0.624. The number of aromatic nitrogens is 5. The molecule has 0 aliphatic carbocycles. The summed E-state index contributed by atoms with van der Waals surface area (Å²) in [5.41, 5.74) is 8.25. The molecule has 0 spiro atoms. The van der Waals surface area contributed by atoms with Crippen LogP contribution in [-0.2, 0) is 7.05 Å². The van der Waals surface area contributed by atoms with Crippen LogP contribution in [-0.4, -0.2) is 24.1 Å². The number of aryl methyl sites for hydroxylation is 1. The standard InChI is InChI=1S/C10H10N6/c1-15-9(11)4-7(14-15)8-5-13-10-6-12-2-3-16(8)10/h2-6H,11H2,1H3. The summed E-state index contributed by atoms with van der Waals surface area (Å²) < 4.78 is 3.56. The van der Waals surface area contributed by atoms with Crippen molar-refractivity contribution in [3.05, 3.63) is 30.9 Å². The summed E-state index contributed by atoms with van der Waals surface area (Å²) in [6.07, 6.45) is 7.03. The van der Waals surface area contributed by atoms with E-state index in [1.807, 2.05) is 23.7 Å². The SMILES string of the molecule is Cn1nc(-c2cnc3cnccn23)cc1N. The van der Waals surface area contributed by atoms with E-state index in [1.54, 1.807) is 23.3 Å². The number of rotatable bonds is 1. The summed E-state index contributed by atoms with van der Waals surface area (Å²) in [6.45, 7) is 0. The molecule has 16 heavy (non-hydrogen) atoms. The molecular weight excluding hydrogens is 204 g/mol. The first-order valence-electron chi connectivity index (χ1n) is 4.82. The number of imidazole rings is 1. The van der Waals surface area contributed by atoms with Gasteiger partial charge in [-0.2, -0.15) is 5.10 Å². The van der Waals surface area contributed by atoms with Gasteiger partial charge in [-0.15, -0.1) is 0 Å². The van der Waals surface area contributed by atoms with Gasteiger partial charge in [0.05, 0.1) is 18.1 Å². The molecule has 3 heterocycles. The molecule has 0 saturated carbocycles. The van der Waals surface area contributed by atoms with Crippen molar-refractivity contribution in [1.29, 1.82) is 0 Å². The van der Waals surface area contributed by atoms with Crippen molar-refractivity contribution in [2.75, 3.05) is 5.73 Å². The summed E-state index contributed by atoms with van der Waals surface area (Å²) in [5, 5.41) is 4.31. The fourth-order valence-corrected chi connectivity index (χ4v) is 1.64. The Morgan fingerprint density at radius 3 is 2.94 bits per heavy atom. The number of anilines is 1. The van der Waals surface area contributed by atoms with Gasteiger partial charge >= 0.3 is 0 Å². The molecule has 80 valence electrons. The number of nitrogen functional groups attached to an aromatic ring is 1. The van der Waals surface area contributed by atoms with Gasteiger partial charge in [-0.1, -0.05) is 0 Å². The Morgan fingerprint density at radius 2 is 2.19 bits per heavy atom. The van der Waals surface area contributed by atoms with Gasteiger partial charge < -0.3 is 5.73 Å². The number of fused-ring (bicyclic) bond motifs is 1. The van der Waals surface area contributed by atoms with Crippen molar-refractivity contribution in [3.63, 3.8) is 0 Å². The van der Waals surface area contributed by atoms with E-state index in [4.69, 9.17) is 5.73 Å². The zero-order valence-electron chi connectivity index (χ0n) is 8.70. The summed E-state index contributed by atoms with van der Waals surface area (Å²) >= 11 is 0. The van der Waals surface area contributed by atoms with E-state index in [-0.39, 0.29) is 0 Å². The number of hydrogen-bond donors (Lipinski definition) is 1. The van der Waals surface area contributed by atoms with E-state index in [2.05, 4.69) is 15.1 Å². The molecule has 0 aliphatic heterocycles. The Morgan fingerprint density at radius 1 is 1.31 bits per heavy atom. The van der Waals surface area contributed by atoms with Gasteiger partial charge in [-0.3, -0.25) is 14.1 Å². The Labute approximate surface area is 91.4 Å². The fourth-order valence-electron chi connectivity index (χ4n) is 1.64. The number of nitrogens with two attached hydrogens (primary N) is 1.